The van der Waals surface area contributed by atoms with Gasteiger partial charge in [-0.05, 0) is 102 Å². The van der Waals surface area contributed by atoms with E-state index in [2.05, 4.69) is 6.92 Å². The summed E-state index contributed by atoms with van der Waals surface area (Å²) in [4.78, 5) is 23.9. The number of anilines is 2. The van der Waals surface area contributed by atoms with Gasteiger partial charge in [0.15, 0.2) is 0 Å². The van der Waals surface area contributed by atoms with E-state index < -0.39 is 11.9 Å². The largest absolute Gasteiger partial charge is 0.494 e. The number of fused-ring (bicyclic) bond motifs is 1. The molecular weight excluding hydrogens is 580 g/mol. The van der Waals surface area contributed by atoms with Crippen molar-refractivity contribution in [2.75, 3.05) is 24.7 Å². The summed E-state index contributed by atoms with van der Waals surface area (Å²) in [7, 11) is 0. The summed E-state index contributed by atoms with van der Waals surface area (Å²) in [6.07, 6.45) is 11.9. The molecule has 4 aromatic rings. The summed E-state index contributed by atoms with van der Waals surface area (Å²) in [5.74, 6) is 0.645. The summed E-state index contributed by atoms with van der Waals surface area (Å²) in [6, 6.07) is 22.1. The van der Waals surface area contributed by atoms with E-state index in [-0.39, 0.29) is 5.56 Å². The van der Waals surface area contributed by atoms with Crippen LogP contribution in [0, 0.1) is 0 Å². The summed E-state index contributed by atoms with van der Waals surface area (Å²) in [5, 5.41) is 11.4. The zero-order chi connectivity index (χ0) is 32.7. The fourth-order valence-electron chi connectivity index (χ4n) is 5.20. The summed E-state index contributed by atoms with van der Waals surface area (Å²) < 4.78 is 17.2. The number of esters is 1. The smallest absolute Gasteiger partial charge is 0.336 e. The van der Waals surface area contributed by atoms with E-state index in [4.69, 9.17) is 25.7 Å². The van der Waals surface area contributed by atoms with E-state index in [0.717, 1.165) is 79.2 Å². The van der Waals surface area contributed by atoms with Gasteiger partial charge in [-0.2, -0.15) is 0 Å². The molecular formula is C38H44N2O6. The molecule has 4 rings (SSSR count). The second-order valence-corrected chi connectivity index (χ2v) is 11.4. The van der Waals surface area contributed by atoms with Crippen molar-refractivity contribution < 1.29 is 28.9 Å². The van der Waals surface area contributed by atoms with Crippen molar-refractivity contribution in [3.8, 4) is 17.2 Å². The van der Waals surface area contributed by atoms with E-state index in [1.54, 1.807) is 18.2 Å². The number of nitrogens with two attached hydrogens (primary N) is 2. The molecule has 0 saturated heterocycles. The van der Waals surface area contributed by atoms with Crippen LogP contribution in [0.15, 0.2) is 78.9 Å². The molecule has 0 atom stereocenters. The van der Waals surface area contributed by atoms with Crippen molar-refractivity contribution >= 4 is 40.2 Å². The number of carbonyl (C=O) groups is 2. The number of nitrogen functional groups attached to an aromatic ring is 2. The monoisotopic (exact) mass is 624 g/mol. The predicted octanol–water partition coefficient (Wildman–Crippen LogP) is 8.46. The standard InChI is InChI=1S/C38H44N2O6/c1-2-3-8-21-45-32-18-14-29-24-33(19-15-28(29)23-32)46-37(41)20-13-27-11-16-31(17-12-27)44-22-9-6-4-5-7-10-34-35(38(42)43)25-30(39)26-36(34)40/h11-20,23-26H,2-10,21-22,39-40H2,1H3,(H,42,43)/b20-13+. The van der Waals surface area contributed by atoms with Crippen molar-refractivity contribution in [3.63, 3.8) is 0 Å². The molecule has 0 aliphatic heterocycles. The normalized spacial score (nSPS) is 11.2. The minimum Gasteiger partial charge on any atom is -0.494 e. The molecule has 0 aliphatic rings. The van der Waals surface area contributed by atoms with Crippen LogP contribution >= 0.6 is 0 Å². The van der Waals surface area contributed by atoms with Crippen molar-refractivity contribution in [2.45, 2.75) is 64.7 Å². The molecule has 0 radical (unpaired) electrons. The Hall–Kier alpha value is -4.98. The molecule has 8 nitrogen and oxygen atoms in total. The SMILES string of the molecule is CCCCCOc1ccc2cc(OC(=O)/C=C/c3ccc(OCCCCCCCc4c(N)cc(N)cc4C(=O)O)cc3)ccc2c1. The van der Waals surface area contributed by atoms with Gasteiger partial charge in [0.25, 0.3) is 0 Å². The quantitative estimate of drug-likeness (QED) is 0.0330. The van der Waals surface area contributed by atoms with Crippen LogP contribution in [0.1, 0.15) is 79.8 Å². The topological polar surface area (TPSA) is 134 Å². The van der Waals surface area contributed by atoms with Gasteiger partial charge in [-0.1, -0.05) is 63.3 Å². The molecule has 0 aliphatic carbocycles. The second-order valence-electron chi connectivity index (χ2n) is 11.4. The first-order valence-electron chi connectivity index (χ1n) is 16.0. The Balaban J connectivity index is 1.13. The maximum Gasteiger partial charge on any atom is 0.336 e. The second kappa shape index (κ2) is 17.5. The average molecular weight is 625 g/mol. The maximum atomic E-state index is 12.4. The third kappa shape index (κ3) is 10.6. The third-order valence-electron chi connectivity index (χ3n) is 7.69. The Morgan fingerprint density at radius 3 is 2.04 bits per heavy atom. The number of unbranched alkanes of at least 4 members (excludes halogenated alkanes) is 6. The van der Waals surface area contributed by atoms with Gasteiger partial charge in [0.1, 0.15) is 17.2 Å². The fourth-order valence-corrected chi connectivity index (χ4v) is 5.20. The first-order valence-corrected chi connectivity index (χ1v) is 16.0. The number of hydrogen-bond acceptors (Lipinski definition) is 7. The number of ether oxygens (including phenoxy) is 3. The van der Waals surface area contributed by atoms with Crippen LogP contribution in [0.5, 0.6) is 17.2 Å². The van der Waals surface area contributed by atoms with E-state index >= 15 is 0 Å². The van der Waals surface area contributed by atoms with E-state index in [9.17, 15) is 14.7 Å². The molecule has 0 spiro atoms. The Bertz CT molecular complexity index is 1630. The highest BCUT2D eigenvalue weighted by Crippen LogP contribution is 2.26. The molecule has 0 heterocycles. The Morgan fingerprint density at radius 2 is 1.33 bits per heavy atom. The van der Waals surface area contributed by atoms with Crippen LogP contribution in [-0.2, 0) is 11.2 Å². The Kier molecular flexibility index (Phi) is 12.9. The molecule has 8 heteroatoms. The van der Waals surface area contributed by atoms with Crippen LogP contribution in [0.3, 0.4) is 0 Å². The van der Waals surface area contributed by atoms with Gasteiger partial charge in [0.05, 0.1) is 18.8 Å². The van der Waals surface area contributed by atoms with Crippen molar-refractivity contribution in [2.24, 2.45) is 0 Å². The number of benzene rings is 4. The number of aromatic carboxylic acids is 1. The number of carboxylic acids is 1. The molecule has 0 bridgehead atoms. The minimum atomic E-state index is -1.01. The molecule has 4 aromatic carbocycles. The first kappa shape index (κ1) is 33.9. The highest BCUT2D eigenvalue weighted by atomic mass is 16.5. The molecule has 5 N–H and O–H groups in total. The van der Waals surface area contributed by atoms with E-state index in [0.29, 0.717) is 42.3 Å². The lowest BCUT2D eigenvalue weighted by molar-refractivity contribution is -0.128. The lowest BCUT2D eigenvalue weighted by Gasteiger charge is -2.11. The van der Waals surface area contributed by atoms with Gasteiger partial charge in [0, 0.05) is 17.5 Å². The highest BCUT2D eigenvalue weighted by molar-refractivity contribution is 5.93. The molecule has 0 amide bonds. The van der Waals surface area contributed by atoms with Gasteiger partial charge in [0.2, 0.25) is 0 Å². The van der Waals surface area contributed by atoms with Crippen LogP contribution in [0.4, 0.5) is 11.4 Å². The number of carbonyl (C=O) groups excluding carboxylic acids is 1. The molecule has 0 saturated carbocycles. The fraction of sp³-hybridized carbons (Fsp3) is 0.316. The minimum absolute atomic E-state index is 0.186. The molecule has 46 heavy (non-hydrogen) atoms. The zero-order valence-electron chi connectivity index (χ0n) is 26.5. The molecule has 0 unspecified atom stereocenters. The van der Waals surface area contributed by atoms with Crippen LogP contribution in [0.25, 0.3) is 16.8 Å². The van der Waals surface area contributed by atoms with Gasteiger partial charge in [-0.25, -0.2) is 9.59 Å². The van der Waals surface area contributed by atoms with E-state index in [1.165, 1.54) is 12.1 Å². The molecule has 0 fully saturated rings. The lowest BCUT2D eigenvalue weighted by Crippen LogP contribution is -2.07. The summed E-state index contributed by atoms with van der Waals surface area (Å²) in [6.45, 7) is 3.49. The van der Waals surface area contributed by atoms with Gasteiger partial charge >= 0.3 is 11.9 Å². The first-order chi connectivity index (χ1) is 22.3. The average Bonchev–Trinajstić information content (AvgIpc) is 3.04. The molecule has 242 valence electrons. The number of rotatable bonds is 18. The highest BCUT2D eigenvalue weighted by Gasteiger charge is 2.14. The number of hydrogen-bond donors (Lipinski definition) is 3. The van der Waals surface area contributed by atoms with Crippen LogP contribution in [0.2, 0.25) is 0 Å². The Labute approximate surface area is 271 Å². The van der Waals surface area contributed by atoms with Crippen molar-refractivity contribution in [3.05, 3.63) is 95.6 Å². The van der Waals surface area contributed by atoms with Crippen LogP contribution in [-0.4, -0.2) is 30.3 Å². The summed E-state index contributed by atoms with van der Waals surface area (Å²) in [5.41, 5.74) is 14.3. The van der Waals surface area contributed by atoms with Gasteiger partial charge < -0.3 is 30.8 Å². The zero-order valence-corrected chi connectivity index (χ0v) is 26.5. The van der Waals surface area contributed by atoms with Gasteiger partial charge in [-0.15, -0.1) is 0 Å². The maximum absolute atomic E-state index is 12.4. The van der Waals surface area contributed by atoms with Crippen molar-refractivity contribution in [1.29, 1.82) is 0 Å². The third-order valence-corrected chi connectivity index (χ3v) is 7.69. The van der Waals surface area contributed by atoms with Gasteiger partial charge in [-0.3, -0.25) is 0 Å². The molecule has 0 aromatic heterocycles. The van der Waals surface area contributed by atoms with Crippen LogP contribution < -0.4 is 25.7 Å². The van der Waals surface area contributed by atoms with E-state index in [1.807, 2.05) is 54.6 Å². The predicted molar refractivity (Wildman–Crippen MR) is 185 cm³/mol. The Morgan fingerprint density at radius 1 is 0.717 bits per heavy atom. The lowest BCUT2D eigenvalue weighted by atomic mass is 9.98. The number of carboxylic acid groups (broad SMARTS) is 1. The summed E-state index contributed by atoms with van der Waals surface area (Å²) >= 11 is 0. The van der Waals surface area contributed by atoms with Crippen molar-refractivity contribution in [1.82, 2.24) is 0 Å².